The molecule has 1 N–H and O–H groups in total. The number of hydrogen-bond acceptors (Lipinski definition) is 4. The Hall–Kier alpha value is -3.41. The van der Waals surface area contributed by atoms with E-state index in [1.165, 1.54) is 4.90 Å². The van der Waals surface area contributed by atoms with Crippen molar-refractivity contribution in [3.63, 3.8) is 0 Å². The third-order valence-electron chi connectivity index (χ3n) is 5.06. The van der Waals surface area contributed by atoms with Crippen molar-refractivity contribution in [2.45, 2.75) is 18.8 Å². The van der Waals surface area contributed by atoms with Crippen molar-refractivity contribution in [1.29, 1.82) is 0 Å². The second kappa shape index (κ2) is 7.91. The van der Waals surface area contributed by atoms with E-state index in [2.05, 4.69) is 5.32 Å². The molecule has 0 unspecified atom stereocenters. The number of anilines is 1. The monoisotopic (exact) mass is 389 g/mol. The Kier molecular flexibility index (Phi) is 5.16. The Morgan fingerprint density at radius 2 is 1.86 bits per heavy atom. The number of hydrogen-bond donors (Lipinski definition) is 1. The highest BCUT2D eigenvalue weighted by Gasteiger charge is 2.27. The van der Waals surface area contributed by atoms with Crippen molar-refractivity contribution in [3.05, 3.63) is 65.9 Å². The highest BCUT2D eigenvalue weighted by molar-refractivity contribution is 6.07. The van der Waals surface area contributed by atoms with E-state index in [1.807, 2.05) is 30.3 Å². The number of likely N-dealkylation sites (N-methyl/N-ethyl adjacent to an activating group) is 1. The molecule has 1 fully saturated rings. The molecule has 3 aromatic rings. The summed E-state index contributed by atoms with van der Waals surface area (Å²) in [6, 6.07) is 16.6. The molecular weight excluding hydrogens is 366 g/mol. The smallest absolute Gasteiger partial charge is 0.254 e. The van der Waals surface area contributed by atoms with Crippen LogP contribution in [0.25, 0.3) is 10.9 Å². The first-order valence-electron chi connectivity index (χ1n) is 9.64. The number of nitrogens with one attached hydrogen (secondary N) is 1. The van der Waals surface area contributed by atoms with Gasteiger partial charge in [-0.2, -0.15) is 0 Å². The highest BCUT2D eigenvalue weighted by Crippen LogP contribution is 2.40. The summed E-state index contributed by atoms with van der Waals surface area (Å²) >= 11 is 0. The average molecular weight is 389 g/mol. The van der Waals surface area contributed by atoms with Crippen LogP contribution in [-0.4, -0.2) is 42.4 Å². The van der Waals surface area contributed by atoms with Gasteiger partial charge in [-0.15, -0.1) is 0 Å². The van der Waals surface area contributed by atoms with Crippen LogP contribution in [0.3, 0.4) is 0 Å². The summed E-state index contributed by atoms with van der Waals surface area (Å²) in [5.41, 5.74) is 3.03. The predicted molar refractivity (Wildman–Crippen MR) is 112 cm³/mol. The fraction of sp³-hybridized carbons (Fsp3) is 0.261. The van der Waals surface area contributed by atoms with Gasteiger partial charge in [0.25, 0.3) is 5.91 Å². The molecule has 6 nitrogen and oxygen atoms in total. The standard InChI is InChI=1S/C23H23N3O3/c1-26(14-22(27)24-16-9-11-17(29-2)12-10-16)23(28)19-13-21(15-7-8-15)25-20-6-4-3-5-18(19)20/h3-6,9-13,15H,7-8,14H2,1-2H3,(H,24,27). The molecule has 148 valence electrons. The molecule has 0 aliphatic heterocycles. The van der Waals surface area contributed by atoms with Gasteiger partial charge in [-0.25, -0.2) is 0 Å². The van der Waals surface area contributed by atoms with E-state index < -0.39 is 0 Å². The second-order valence-electron chi connectivity index (χ2n) is 7.32. The quantitative estimate of drug-likeness (QED) is 0.695. The topological polar surface area (TPSA) is 71.5 Å². The van der Waals surface area contributed by atoms with Gasteiger partial charge < -0.3 is 15.0 Å². The third kappa shape index (κ3) is 4.21. The van der Waals surface area contributed by atoms with Crippen LogP contribution in [0.1, 0.15) is 34.8 Å². The maximum absolute atomic E-state index is 13.1. The van der Waals surface area contributed by atoms with Crippen LogP contribution in [0.4, 0.5) is 5.69 Å². The van der Waals surface area contributed by atoms with Crippen molar-refractivity contribution in [3.8, 4) is 5.75 Å². The Balaban J connectivity index is 1.50. The minimum atomic E-state index is -0.258. The summed E-state index contributed by atoms with van der Waals surface area (Å²) in [5, 5.41) is 3.62. The van der Waals surface area contributed by atoms with Crippen LogP contribution in [0.15, 0.2) is 54.6 Å². The number of rotatable bonds is 6. The molecule has 0 atom stereocenters. The number of amides is 2. The van der Waals surface area contributed by atoms with Gasteiger partial charge >= 0.3 is 0 Å². The van der Waals surface area contributed by atoms with E-state index in [1.54, 1.807) is 38.4 Å². The zero-order valence-electron chi connectivity index (χ0n) is 16.5. The number of methoxy groups -OCH3 is 1. The number of carbonyl (C=O) groups excluding carboxylic acids is 2. The molecule has 0 radical (unpaired) electrons. The molecule has 0 saturated heterocycles. The third-order valence-corrected chi connectivity index (χ3v) is 5.06. The highest BCUT2D eigenvalue weighted by atomic mass is 16.5. The first kappa shape index (κ1) is 18.9. The number of carbonyl (C=O) groups is 2. The van der Waals surface area contributed by atoms with Crippen LogP contribution in [0, 0.1) is 0 Å². The van der Waals surface area contributed by atoms with Gasteiger partial charge in [-0.3, -0.25) is 14.6 Å². The molecule has 1 saturated carbocycles. The number of pyridine rings is 1. The Labute approximate surface area is 169 Å². The SMILES string of the molecule is COc1ccc(NC(=O)CN(C)C(=O)c2cc(C3CC3)nc3ccccc23)cc1. The lowest BCUT2D eigenvalue weighted by Gasteiger charge is -2.18. The molecule has 2 amide bonds. The molecule has 1 heterocycles. The lowest BCUT2D eigenvalue weighted by molar-refractivity contribution is -0.116. The Bertz CT molecular complexity index is 1060. The lowest BCUT2D eigenvalue weighted by Crippen LogP contribution is -2.35. The van der Waals surface area contributed by atoms with Crippen molar-refractivity contribution >= 4 is 28.4 Å². The molecular formula is C23H23N3O3. The number of nitrogens with zero attached hydrogens (tertiary/aromatic N) is 2. The first-order chi connectivity index (χ1) is 14.0. The molecule has 2 aromatic carbocycles. The second-order valence-corrected chi connectivity index (χ2v) is 7.32. The summed E-state index contributed by atoms with van der Waals surface area (Å²) in [4.78, 5) is 31.7. The molecule has 6 heteroatoms. The maximum atomic E-state index is 13.1. The van der Waals surface area contributed by atoms with Gasteiger partial charge in [0.05, 0.1) is 24.7 Å². The fourth-order valence-corrected chi connectivity index (χ4v) is 3.33. The molecule has 1 aromatic heterocycles. The molecule has 0 bridgehead atoms. The van der Waals surface area contributed by atoms with Crippen molar-refractivity contribution in [1.82, 2.24) is 9.88 Å². The van der Waals surface area contributed by atoms with Crippen molar-refractivity contribution in [2.24, 2.45) is 0 Å². The van der Waals surface area contributed by atoms with Crippen LogP contribution in [0.2, 0.25) is 0 Å². The van der Waals surface area contributed by atoms with Crippen LogP contribution in [-0.2, 0) is 4.79 Å². The zero-order valence-corrected chi connectivity index (χ0v) is 16.5. The Morgan fingerprint density at radius 3 is 2.55 bits per heavy atom. The molecule has 0 spiro atoms. The van der Waals surface area contributed by atoms with E-state index in [4.69, 9.17) is 9.72 Å². The number of aromatic nitrogens is 1. The molecule has 1 aliphatic carbocycles. The average Bonchev–Trinajstić information content (AvgIpc) is 3.58. The van der Waals surface area contributed by atoms with Crippen LogP contribution >= 0.6 is 0 Å². The van der Waals surface area contributed by atoms with Gasteiger partial charge in [0, 0.05) is 29.7 Å². The molecule has 1 aliphatic rings. The van der Waals surface area contributed by atoms with Crippen molar-refractivity contribution < 1.29 is 14.3 Å². The summed E-state index contributed by atoms with van der Waals surface area (Å²) in [5.74, 6) is 0.711. The van der Waals surface area contributed by atoms with E-state index in [9.17, 15) is 9.59 Å². The van der Waals surface area contributed by atoms with E-state index in [0.29, 0.717) is 22.9 Å². The summed E-state index contributed by atoms with van der Waals surface area (Å²) < 4.78 is 5.11. The largest absolute Gasteiger partial charge is 0.497 e. The lowest BCUT2D eigenvalue weighted by atomic mass is 10.0. The van der Waals surface area contributed by atoms with Gasteiger partial charge in [-0.05, 0) is 49.2 Å². The van der Waals surface area contributed by atoms with E-state index >= 15 is 0 Å². The van der Waals surface area contributed by atoms with Crippen molar-refractivity contribution in [2.75, 3.05) is 26.0 Å². The zero-order chi connectivity index (χ0) is 20.4. The predicted octanol–water partition coefficient (Wildman–Crippen LogP) is 3.83. The van der Waals surface area contributed by atoms with Crippen LogP contribution in [0.5, 0.6) is 5.75 Å². The van der Waals surface area contributed by atoms with Gasteiger partial charge in [-0.1, -0.05) is 18.2 Å². The minimum absolute atomic E-state index is 0.0414. The first-order valence-corrected chi connectivity index (χ1v) is 9.64. The maximum Gasteiger partial charge on any atom is 0.254 e. The number of para-hydroxylation sites is 1. The van der Waals surface area contributed by atoms with Gasteiger partial charge in [0.1, 0.15) is 5.75 Å². The summed E-state index contributed by atoms with van der Waals surface area (Å²) in [6.07, 6.45) is 2.22. The van der Waals surface area contributed by atoms with Gasteiger partial charge in [0.2, 0.25) is 5.91 Å². The number of ether oxygens (including phenoxy) is 1. The van der Waals surface area contributed by atoms with E-state index in [0.717, 1.165) is 29.4 Å². The van der Waals surface area contributed by atoms with Crippen LogP contribution < -0.4 is 10.1 Å². The fourth-order valence-electron chi connectivity index (χ4n) is 3.33. The normalized spacial score (nSPS) is 13.2. The number of benzene rings is 2. The molecule has 29 heavy (non-hydrogen) atoms. The molecule has 4 rings (SSSR count). The van der Waals surface area contributed by atoms with E-state index in [-0.39, 0.29) is 18.4 Å². The van der Waals surface area contributed by atoms with Gasteiger partial charge in [0.15, 0.2) is 0 Å². The summed E-state index contributed by atoms with van der Waals surface area (Å²) in [7, 11) is 3.23. The minimum Gasteiger partial charge on any atom is -0.497 e. The number of fused-ring (bicyclic) bond motifs is 1. The Morgan fingerprint density at radius 1 is 1.14 bits per heavy atom. The summed E-state index contributed by atoms with van der Waals surface area (Å²) in [6.45, 7) is -0.0414.